The van der Waals surface area contributed by atoms with Crippen LogP contribution in [0.5, 0.6) is 0 Å². The van der Waals surface area contributed by atoms with E-state index in [1.165, 1.54) is 13.5 Å². The quantitative estimate of drug-likeness (QED) is 0.518. The summed E-state index contributed by atoms with van der Waals surface area (Å²) in [6.45, 7) is 6.77. The van der Waals surface area contributed by atoms with Gasteiger partial charge >= 0.3 is 0 Å². The third-order valence-electron chi connectivity index (χ3n) is 5.07. The zero-order valence-electron chi connectivity index (χ0n) is 17.2. The van der Waals surface area contributed by atoms with Crippen molar-refractivity contribution in [2.45, 2.75) is 38.9 Å². The van der Waals surface area contributed by atoms with Crippen molar-refractivity contribution in [2.75, 3.05) is 58.9 Å². The molecule has 0 bridgehead atoms. The largest absolute Gasteiger partial charge is 0.373 e. The van der Waals surface area contributed by atoms with Crippen molar-refractivity contribution < 1.29 is 17.9 Å². The Balaban J connectivity index is 1.88. The van der Waals surface area contributed by atoms with Crippen LogP contribution >= 0.6 is 0 Å². The number of carbonyl (C=O) groups is 1. The smallest absolute Gasteiger partial charge is 0.282 e. The van der Waals surface area contributed by atoms with E-state index in [1.54, 1.807) is 0 Å². The molecule has 162 valence electrons. The van der Waals surface area contributed by atoms with Crippen molar-refractivity contribution >= 4 is 16.1 Å². The first-order chi connectivity index (χ1) is 13.8. The normalized spacial score (nSPS) is 24.6. The number of amides is 1. The van der Waals surface area contributed by atoms with E-state index in [1.807, 2.05) is 30.9 Å². The molecule has 0 aliphatic carbocycles. The molecule has 2 rings (SSSR count). The lowest BCUT2D eigenvalue weighted by molar-refractivity contribution is -0.132. The SMILES string of the molecule is CC1CN(S(=O)(=O)N2CCN(CC(=O)N(CCC#N)CCC#N)CC2)CC(C)O1. The van der Waals surface area contributed by atoms with Gasteiger partial charge in [-0.3, -0.25) is 9.69 Å². The Morgan fingerprint density at radius 3 is 2.00 bits per heavy atom. The fourth-order valence-electron chi connectivity index (χ4n) is 3.62. The van der Waals surface area contributed by atoms with Crippen LogP contribution in [0.1, 0.15) is 26.7 Å². The van der Waals surface area contributed by atoms with E-state index < -0.39 is 10.2 Å². The molecular weight excluding hydrogens is 396 g/mol. The molecule has 10 nitrogen and oxygen atoms in total. The van der Waals surface area contributed by atoms with Crippen molar-refractivity contribution in [3.8, 4) is 12.1 Å². The molecule has 2 saturated heterocycles. The Hall–Kier alpha value is -1.76. The topological polar surface area (TPSA) is 121 Å². The molecule has 1 amide bonds. The van der Waals surface area contributed by atoms with Crippen LogP contribution in [0.2, 0.25) is 0 Å². The van der Waals surface area contributed by atoms with Crippen LogP contribution < -0.4 is 0 Å². The third-order valence-corrected chi connectivity index (χ3v) is 7.04. The number of nitriles is 2. The second-order valence-electron chi connectivity index (χ2n) is 7.45. The van der Waals surface area contributed by atoms with Crippen LogP contribution in [0.4, 0.5) is 0 Å². The summed E-state index contributed by atoms with van der Waals surface area (Å²) in [5.74, 6) is -0.136. The number of ether oxygens (including phenoxy) is 1. The van der Waals surface area contributed by atoms with Gasteiger partial charge in [-0.25, -0.2) is 0 Å². The number of hydrogen-bond acceptors (Lipinski definition) is 7. The van der Waals surface area contributed by atoms with Crippen LogP contribution in [-0.2, 0) is 19.7 Å². The summed E-state index contributed by atoms with van der Waals surface area (Å²) in [6, 6.07) is 4.03. The molecule has 2 fully saturated rings. The summed E-state index contributed by atoms with van der Waals surface area (Å²) in [5.41, 5.74) is 0. The summed E-state index contributed by atoms with van der Waals surface area (Å²) in [6.07, 6.45) is 0.166. The first kappa shape index (κ1) is 23.5. The molecule has 0 aromatic carbocycles. The van der Waals surface area contributed by atoms with Gasteiger partial charge in [0.1, 0.15) is 0 Å². The highest BCUT2D eigenvalue weighted by molar-refractivity contribution is 7.86. The van der Waals surface area contributed by atoms with Gasteiger partial charge in [-0.05, 0) is 13.8 Å². The summed E-state index contributed by atoms with van der Waals surface area (Å²) < 4.78 is 34.5. The maximum absolute atomic E-state index is 12.9. The van der Waals surface area contributed by atoms with Crippen molar-refractivity contribution in [3.63, 3.8) is 0 Å². The summed E-state index contributed by atoms with van der Waals surface area (Å²) in [5, 5.41) is 17.5. The predicted molar refractivity (Wildman–Crippen MR) is 106 cm³/mol. The van der Waals surface area contributed by atoms with Crippen molar-refractivity contribution in [1.29, 1.82) is 10.5 Å². The standard InChI is InChI=1S/C18H30N6O4S/c1-16-13-24(14-17(2)28-16)29(26,27)23-11-9-21(10-12-23)15-18(25)22(7-3-5-19)8-4-6-20/h16-17H,3-4,7-15H2,1-2H3. The fraction of sp³-hybridized carbons (Fsp3) is 0.833. The van der Waals surface area contributed by atoms with E-state index in [-0.39, 0.29) is 37.5 Å². The monoisotopic (exact) mass is 426 g/mol. The molecule has 2 aliphatic rings. The Bertz CT molecular complexity index is 710. The Morgan fingerprint density at radius 1 is 1.00 bits per heavy atom. The average Bonchev–Trinajstić information content (AvgIpc) is 2.67. The van der Waals surface area contributed by atoms with E-state index in [2.05, 4.69) is 0 Å². The lowest BCUT2D eigenvalue weighted by Gasteiger charge is -2.40. The van der Waals surface area contributed by atoms with E-state index in [0.717, 1.165) is 0 Å². The molecule has 0 radical (unpaired) electrons. The molecule has 2 unspecified atom stereocenters. The number of nitrogens with zero attached hydrogens (tertiary/aromatic N) is 6. The zero-order chi connectivity index (χ0) is 21.4. The maximum atomic E-state index is 12.9. The summed E-state index contributed by atoms with van der Waals surface area (Å²) >= 11 is 0. The minimum absolute atomic E-state index is 0.136. The highest BCUT2D eigenvalue weighted by atomic mass is 32.2. The van der Waals surface area contributed by atoms with Gasteiger partial charge in [-0.1, -0.05) is 0 Å². The molecule has 0 N–H and O–H groups in total. The Labute approximate surface area is 173 Å². The number of rotatable bonds is 8. The molecule has 2 atom stereocenters. The molecule has 0 spiro atoms. The van der Waals surface area contributed by atoms with Crippen LogP contribution in [-0.4, -0.2) is 104 Å². The van der Waals surface area contributed by atoms with Crippen LogP contribution in [0.25, 0.3) is 0 Å². The minimum Gasteiger partial charge on any atom is -0.373 e. The van der Waals surface area contributed by atoms with E-state index >= 15 is 0 Å². The van der Waals surface area contributed by atoms with Gasteiger partial charge in [-0.15, -0.1) is 0 Å². The van der Waals surface area contributed by atoms with Crippen molar-refractivity contribution in [1.82, 2.24) is 18.4 Å². The van der Waals surface area contributed by atoms with E-state index in [0.29, 0.717) is 52.4 Å². The van der Waals surface area contributed by atoms with Crippen LogP contribution in [0.15, 0.2) is 0 Å². The second kappa shape index (κ2) is 10.9. The van der Waals surface area contributed by atoms with Crippen LogP contribution in [0.3, 0.4) is 0 Å². The third kappa shape index (κ3) is 6.63. The summed E-state index contributed by atoms with van der Waals surface area (Å²) in [7, 11) is -3.55. The zero-order valence-corrected chi connectivity index (χ0v) is 18.0. The predicted octanol–water partition coefficient (Wildman–Crippen LogP) is -0.386. The number of morpholine rings is 1. The first-order valence-electron chi connectivity index (χ1n) is 9.92. The molecule has 0 aromatic heterocycles. The average molecular weight is 427 g/mol. The number of hydrogen-bond donors (Lipinski definition) is 0. The van der Waals surface area contributed by atoms with Gasteiger partial charge in [0.05, 0.1) is 43.7 Å². The number of piperazine rings is 1. The van der Waals surface area contributed by atoms with Gasteiger partial charge in [-0.2, -0.15) is 27.6 Å². The van der Waals surface area contributed by atoms with Crippen molar-refractivity contribution in [3.05, 3.63) is 0 Å². The Morgan fingerprint density at radius 2 is 1.52 bits per heavy atom. The van der Waals surface area contributed by atoms with Crippen molar-refractivity contribution in [2.24, 2.45) is 0 Å². The van der Waals surface area contributed by atoms with Gasteiger partial charge in [0.15, 0.2) is 0 Å². The molecule has 2 heterocycles. The van der Waals surface area contributed by atoms with Gasteiger partial charge in [0.25, 0.3) is 10.2 Å². The lowest BCUT2D eigenvalue weighted by Crippen LogP contribution is -2.57. The molecule has 0 saturated carbocycles. The molecule has 11 heteroatoms. The van der Waals surface area contributed by atoms with Gasteiger partial charge < -0.3 is 9.64 Å². The number of carbonyl (C=O) groups excluding carboxylic acids is 1. The van der Waals surface area contributed by atoms with E-state index in [9.17, 15) is 13.2 Å². The summed E-state index contributed by atoms with van der Waals surface area (Å²) in [4.78, 5) is 16.0. The molecular formula is C18H30N6O4S. The van der Waals surface area contributed by atoms with Crippen LogP contribution in [0, 0.1) is 22.7 Å². The highest BCUT2D eigenvalue weighted by Gasteiger charge is 2.37. The maximum Gasteiger partial charge on any atom is 0.282 e. The molecule has 2 aliphatic heterocycles. The fourth-order valence-corrected chi connectivity index (χ4v) is 5.37. The van der Waals surface area contributed by atoms with Gasteiger partial charge in [0, 0.05) is 52.4 Å². The Kier molecular flexibility index (Phi) is 8.80. The second-order valence-corrected chi connectivity index (χ2v) is 9.38. The minimum atomic E-state index is -3.55. The van der Waals surface area contributed by atoms with E-state index in [4.69, 9.17) is 15.3 Å². The molecule has 0 aromatic rings. The van der Waals surface area contributed by atoms with Gasteiger partial charge in [0.2, 0.25) is 5.91 Å². The molecule has 29 heavy (non-hydrogen) atoms. The lowest BCUT2D eigenvalue weighted by atomic mass is 10.3. The highest BCUT2D eigenvalue weighted by Crippen LogP contribution is 2.19. The first-order valence-corrected chi connectivity index (χ1v) is 11.3.